The van der Waals surface area contributed by atoms with Crippen LogP contribution in [0.3, 0.4) is 0 Å². The van der Waals surface area contributed by atoms with E-state index >= 15 is 0 Å². The summed E-state index contributed by atoms with van der Waals surface area (Å²) in [5.41, 5.74) is 1.04. The molecule has 0 aliphatic rings. The molecule has 0 fully saturated rings. The summed E-state index contributed by atoms with van der Waals surface area (Å²) in [6.45, 7) is 5.31. The highest BCUT2D eigenvalue weighted by Crippen LogP contribution is 1.99. The number of nitrogens with zero attached hydrogens (tertiary/aromatic N) is 2. The van der Waals surface area contributed by atoms with E-state index in [1.54, 1.807) is 62.9 Å². The van der Waals surface area contributed by atoms with Gasteiger partial charge < -0.3 is 9.47 Å². The number of aromatic nitrogens is 2. The van der Waals surface area contributed by atoms with Gasteiger partial charge in [-0.2, -0.15) is 9.13 Å². The third-order valence-corrected chi connectivity index (χ3v) is 3.45. The summed E-state index contributed by atoms with van der Waals surface area (Å²) in [7, 11) is 0. The Hall–Kier alpha value is -3.20. The van der Waals surface area contributed by atoms with E-state index in [-0.39, 0.29) is 11.9 Å². The highest BCUT2D eigenvalue weighted by Gasteiger charge is 2.09. The van der Waals surface area contributed by atoms with Crippen molar-refractivity contribution in [2.24, 2.45) is 0 Å². The number of hydrogen-bond acceptors (Lipinski definition) is 4. The predicted octanol–water partition coefficient (Wildman–Crippen LogP) is 1.32. The van der Waals surface area contributed by atoms with Crippen molar-refractivity contribution in [3.63, 3.8) is 0 Å². The van der Waals surface area contributed by atoms with Crippen LogP contribution < -0.4 is 9.13 Å². The monoisotopic (exact) mass is 354 g/mol. The van der Waals surface area contributed by atoms with E-state index < -0.39 is 0 Å². The third kappa shape index (κ3) is 5.71. The maximum absolute atomic E-state index is 11.6. The van der Waals surface area contributed by atoms with Crippen LogP contribution in [-0.4, -0.2) is 25.2 Å². The molecule has 2 rings (SSSR count). The SMILES string of the molecule is CCOC(=O)c1cc[n+](CC#CC[n+]2ccc(C(=O)OCC)cc2)cc1. The minimum absolute atomic E-state index is 0.326. The van der Waals surface area contributed by atoms with Gasteiger partial charge in [-0.25, -0.2) is 9.59 Å². The smallest absolute Gasteiger partial charge is 0.338 e. The highest BCUT2D eigenvalue weighted by molar-refractivity contribution is 5.89. The van der Waals surface area contributed by atoms with Crippen LogP contribution in [0.2, 0.25) is 0 Å². The van der Waals surface area contributed by atoms with Crippen LogP contribution in [-0.2, 0) is 22.6 Å². The van der Waals surface area contributed by atoms with Gasteiger partial charge >= 0.3 is 11.9 Å². The molecule has 0 aromatic carbocycles. The van der Waals surface area contributed by atoms with Gasteiger partial charge in [-0.1, -0.05) is 0 Å². The van der Waals surface area contributed by atoms with E-state index in [0.717, 1.165) is 0 Å². The zero-order valence-electron chi connectivity index (χ0n) is 15.0. The van der Waals surface area contributed by atoms with Gasteiger partial charge in [0.2, 0.25) is 13.1 Å². The summed E-state index contributed by atoms with van der Waals surface area (Å²) in [6.07, 6.45) is 7.18. The van der Waals surface area contributed by atoms with Crippen molar-refractivity contribution < 1.29 is 28.2 Å². The van der Waals surface area contributed by atoms with Crippen molar-refractivity contribution >= 4 is 11.9 Å². The summed E-state index contributed by atoms with van der Waals surface area (Å²) < 4.78 is 13.6. The minimum Gasteiger partial charge on any atom is -0.462 e. The molecule has 0 atom stereocenters. The first-order valence-electron chi connectivity index (χ1n) is 8.42. The fourth-order valence-corrected chi connectivity index (χ4v) is 2.12. The van der Waals surface area contributed by atoms with Crippen LogP contribution in [0.25, 0.3) is 0 Å². The first kappa shape index (κ1) is 19.1. The van der Waals surface area contributed by atoms with Crippen LogP contribution in [0, 0.1) is 11.8 Å². The lowest BCUT2D eigenvalue weighted by Gasteiger charge is -1.99. The normalized spacial score (nSPS) is 9.77. The van der Waals surface area contributed by atoms with Gasteiger partial charge in [-0.3, -0.25) is 0 Å². The van der Waals surface area contributed by atoms with Crippen LogP contribution in [0.1, 0.15) is 34.6 Å². The Bertz CT molecular complexity index is 735. The molecule has 0 saturated heterocycles. The van der Waals surface area contributed by atoms with Crippen molar-refractivity contribution in [1.82, 2.24) is 0 Å². The van der Waals surface area contributed by atoms with E-state index in [1.165, 1.54) is 0 Å². The molecule has 2 heterocycles. The Kier molecular flexibility index (Phi) is 7.31. The van der Waals surface area contributed by atoms with E-state index in [1.807, 2.05) is 9.13 Å². The molecule has 0 amide bonds. The van der Waals surface area contributed by atoms with Gasteiger partial charge in [0.15, 0.2) is 24.8 Å². The molecule has 0 N–H and O–H groups in total. The molecule has 0 unspecified atom stereocenters. The summed E-state index contributed by atoms with van der Waals surface area (Å²) >= 11 is 0. The van der Waals surface area contributed by atoms with E-state index in [4.69, 9.17) is 9.47 Å². The van der Waals surface area contributed by atoms with Crippen molar-refractivity contribution in [2.45, 2.75) is 26.9 Å². The van der Waals surface area contributed by atoms with Crippen molar-refractivity contribution in [3.8, 4) is 11.8 Å². The second kappa shape index (κ2) is 9.94. The molecular formula is C20H22N2O4+2. The number of ether oxygens (including phenoxy) is 2. The van der Waals surface area contributed by atoms with Gasteiger partial charge in [0.05, 0.1) is 24.3 Å². The molecule has 0 aliphatic carbocycles. The highest BCUT2D eigenvalue weighted by atomic mass is 16.5. The van der Waals surface area contributed by atoms with Crippen LogP contribution in [0.15, 0.2) is 49.1 Å². The average Bonchev–Trinajstić information content (AvgIpc) is 2.66. The Labute approximate surface area is 153 Å². The van der Waals surface area contributed by atoms with Crippen molar-refractivity contribution in [2.75, 3.05) is 13.2 Å². The van der Waals surface area contributed by atoms with E-state index in [0.29, 0.717) is 37.4 Å². The summed E-state index contributed by atoms with van der Waals surface area (Å²) in [5.74, 6) is 5.48. The molecule has 6 nitrogen and oxygen atoms in total. The summed E-state index contributed by atoms with van der Waals surface area (Å²) in [6, 6.07) is 6.84. The Morgan fingerprint density at radius 3 is 1.42 bits per heavy atom. The lowest BCUT2D eigenvalue weighted by Crippen LogP contribution is -2.33. The van der Waals surface area contributed by atoms with Crippen molar-refractivity contribution in [1.29, 1.82) is 0 Å². The van der Waals surface area contributed by atoms with Crippen LogP contribution >= 0.6 is 0 Å². The predicted molar refractivity (Wildman–Crippen MR) is 93.0 cm³/mol. The molecule has 0 radical (unpaired) electrons. The number of pyridine rings is 2. The molecule has 6 heteroatoms. The largest absolute Gasteiger partial charge is 0.462 e. The molecule has 0 saturated carbocycles. The third-order valence-electron chi connectivity index (χ3n) is 3.45. The zero-order valence-corrected chi connectivity index (χ0v) is 15.0. The number of rotatable bonds is 6. The molecule has 2 aromatic rings. The topological polar surface area (TPSA) is 60.4 Å². The Balaban J connectivity index is 1.86. The zero-order chi connectivity index (χ0) is 18.8. The maximum Gasteiger partial charge on any atom is 0.338 e. The van der Waals surface area contributed by atoms with Crippen LogP contribution in [0.4, 0.5) is 0 Å². The first-order valence-corrected chi connectivity index (χ1v) is 8.42. The summed E-state index contributed by atoms with van der Waals surface area (Å²) in [5, 5.41) is 0. The average molecular weight is 354 g/mol. The fraction of sp³-hybridized carbons (Fsp3) is 0.300. The molecular weight excluding hydrogens is 332 g/mol. The van der Waals surface area contributed by atoms with Crippen molar-refractivity contribution in [3.05, 3.63) is 60.2 Å². The Morgan fingerprint density at radius 2 is 1.12 bits per heavy atom. The second-order valence-electron chi connectivity index (χ2n) is 5.31. The summed E-state index contributed by atoms with van der Waals surface area (Å²) in [4.78, 5) is 23.2. The molecule has 26 heavy (non-hydrogen) atoms. The lowest BCUT2D eigenvalue weighted by molar-refractivity contribution is -0.687. The molecule has 2 aromatic heterocycles. The van der Waals surface area contributed by atoms with Crippen LogP contribution in [0.5, 0.6) is 0 Å². The fourth-order valence-electron chi connectivity index (χ4n) is 2.12. The molecule has 134 valence electrons. The molecule has 0 bridgehead atoms. The van der Waals surface area contributed by atoms with E-state index in [9.17, 15) is 9.59 Å². The van der Waals surface area contributed by atoms with Gasteiger partial charge in [-0.05, 0) is 25.7 Å². The lowest BCUT2D eigenvalue weighted by atomic mass is 10.3. The van der Waals surface area contributed by atoms with Gasteiger partial charge in [0.1, 0.15) is 0 Å². The van der Waals surface area contributed by atoms with Gasteiger partial charge in [-0.15, -0.1) is 0 Å². The first-order chi connectivity index (χ1) is 12.6. The number of hydrogen-bond donors (Lipinski definition) is 0. The number of carbonyl (C=O) groups is 2. The Morgan fingerprint density at radius 1 is 0.769 bits per heavy atom. The molecule has 0 aliphatic heterocycles. The number of carbonyl (C=O) groups excluding carboxylic acids is 2. The standard InChI is InChI=1S/C20H22N2O4/c1-3-25-19(23)17-7-13-21(14-8-17)11-5-6-12-22-15-9-18(10-16-22)20(24)26-4-2/h7-10,13-16H,3-4,11-12H2,1-2H3/q+2. The van der Waals surface area contributed by atoms with E-state index in [2.05, 4.69) is 11.8 Å². The second-order valence-corrected chi connectivity index (χ2v) is 5.31. The molecule has 0 spiro atoms. The maximum atomic E-state index is 11.6. The number of esters is 2. The minimum atomic E-state index is -0.326. The van der Waals surface area contributed by atoms with Gasteiger partial charge in [0, 0.05) is 24.3 Å². The van der Waals surface area contributed by atoms with Gasteiger partial charge in [0.25, 0.3) is 0 Å². The quantitative estimate of drug-likeness (QED) is 0.446.